The van der Waals surface area contributed by atoms with Crippen molar-refractivity contribution >= 4 is 11.8 Å². The van der Waals surface area contributed by atoms with Crippen molar-refractivity contribution in [2.24, 2.45) is 0 Å². The number of aromatic nitrogens is 3. The molecule has 1 saturated heterocycles. The maximum atomic E-state index is 5.47. The van der Waals surface area contributed by atoms with Gasteiger partial charge in [-0.3, -0.25) is 0 Å². The van der Waals surface area contributed by atoms with E-state index < -0.39 is 0 Å². The van der Waals surface area contributed by atoms with E-state index in [0.717, 1.165) is 67.4 Å². The van der Waals surface area contributed by atoms with Crippen molar-refractivity contribution < 1.29 is 14.4 Å². The molecule has 0 saturated carbocycles. The lowest BCUT2D eigenvalue weighted by molar-refractivity contribution is -0.905. The Morgan fingerprint density at radius 2 is 2.04 bits per heavy atom. The summed E-state index contributed by atoms with van der Waals surface area (Å²) in [6.45, 7) is 8.06. The number of ether oxygens (including phenoxy) is 2. The highest BCUT2D eigenvalue weighted by molar-refractivity contribution is 7.99. The van der Waals surface area contributed by atoms with Gasteiger partial charge in [0.05, 0.1) is 38.2 Å². The molecule has 7 heteroatoms. The summed E-state index contributed by atoms with van der Waals surface area (Å²) < 4.78 is 13.0. The normalized spacial score (nSPS) is 15.6. The van der Waals surface area contributed by atoms with Crippen molar-refractivity contribution in [2.45, 2.75) is 18.6 Å². The van der Waals surface area contributed by atoms with E-state index in [2.05, 4.69) is 21.7 Å². The van der Waals surface area contributed by atoms with E-state index in [0.29, 0.717) is 0 Å². The number of nitrogens with zero attached hydrogens (tertiary/aromatic N) is 3. The van der Waals surface area contributed by atoms with Crippen molar-refractivity contribution in [2.75, 3.05) is 45.7 Å². The van der Waals surface area contributed by atoms with E-state index in [1.807, 2.05) is 24.3 Å². The number of hydrogen-bond acceptors (Lipinski definition) is 5. The molecule has 1 aliphatic heterocycles. The summed E-state index contributed by atoms with van der Waals surface area (Å²) in [7, 11) is 1.69. The quantitative estimate of drug-likeness (QED) is 0.755. The second kappa shape index (κ2) is 8.50. The van der Waals surface area contributed by atoms with Gasteiger partial charge in [-0.05, 0) is 19.1 Å². The van der Waals surface area contributed by atoms with Crippen LogP contribution in [-0.2, 0) is 11.3 Å². The summed E-state index contributed by atoms with van der Waals surface area (Å²) in [4.78, 5) is 1.61. The molecule has 0 radical (unpaired) electrons. The van der Waals surface area contributed by atoms with Gasteiger partial charge in [-0.1, -0.05) is 23.9 Å². The predicted molar refractivity (Wildman–Crippen MR) is 94.8 cm³/mol. The van der Waals surface area contributed by atoms with Gasteiger partial charge in [-0.15, -0.1) is 10.2 Å². The zero-order valence-corrected chi connectivity index (χ0v) is 15.1. The molecule has 2 heterocycles. The first-order valence-electron chi connectivity index (χ1n) is 8.44. The minimum Gasteiger partial charge on any atom is -0.496 e. The number of thioether (sulfide) groups is 1. The van der Waals surface area contributed by atoms with Gasteiger partial charge in [0, 0.05) is 6.54 Å². The van der Waals surface area contributed by atoms with Crippen molar-refractivity contribution in [3.05, 3.63) is 24.3 Å². The number of para-hydroxylation sites is 1. The van der Waals surface area contributed by atoms with Crippen LogP contribution < -0.4 is 9.64 Å². The minimum absolute atomic E-state index is 0.828. The molecule has 1 aromatic carbocycles. The summed E-state index contributed by atoms with van der Waals surface area (Å²) in [5, 5.41) is 9.80. The van der Waals surface area contributed by atoms with Gasteiger partial charge in [0.15, 0.2) is 11.0 Å². The molecule has 0 bridgehead atoms. The third-order valence-corrected chi connectivity index (χ3v) is 5.24. The second-order valence-corrected chi connectivity index (χ2v) is 6.77. The Hall–Kier alpha value is -1.57. The van der Waals surface area contributed by atoms with Crippen LogP contribution in [0.4, 0.5) is 0 Å². The van der Waals surface area contributed by atoms with E-state index >= 15 is 0 Å². The van der Waals surface area contributed by atoms with E-state index in [1.165, 1.54) is 0 Å². The lowest BCUT2D eigenvalue weighted by Crippen LogP contribution is -3.14. The van der Waals surface area contributed by atoms with Crippen molar-refractivity contribution in [3.8, 4) is 17.1 Å². The van der Waals surface area contributed by atoms with Crippen LogP contribution >= 0.6 is 11.8 Å². The topological polar surface area (TPSA) is 53.6 Å². The number of methoxy groups -OCH3 is 1. The van der Waals surface area contributed by atoms with Gasteiger partial charge in [0.1, 0.15) is 18.8 Å². The standard InChI is InChI=1S/C17H24N4O2S/c1-3-21-16(14-6-4-5-7-15(14)22-2)18-19-17(21)24-13-10-20-8-11-23-12-9-20/h4-7H,3,8-13H2,1-2H3/p+1. The van der Waals surface area contributed by atoms with Crippen LogP contribution in [0.5, 0.6) is 5.75 Å². The van der Waals surface area contributed by atoms with Gasteiger partial charge in [-0.25, -0.2) is 0 Å². The van der Waals surface area contributed by atoms with E-state index in [4.69, 9.17) is 9.47 Å². The maximum Gasteiger partial charge on any atom is 0.191 e. The molecule has 0 aliphatic carbocycles. The summed E-state index contributed by atoms with van der Waals surface area (Å²) in [6.07, 6.45) is 0. The van der Waals surface area contributed by atoms with Gasteiger partial charge in [0.2, 0.25) is 0 Å². The molecule has 1 N–H and O–H groups in total. The lowest BCUT2D eigenvalue weighted by Gasteiger charge is -2.23. The van der Waals surface area contributed by atoms with Crippen LogP contribution in [0, 0.1) is 0 Å². The first-order valence-corrected chi connectivity index (χ1v) is 9.42. The van der Waals surface area contributed by atoms with Crippen LogP contribution in [0.3, 0.4) is 0 Å². The zero-order valence-electron chi connectivity index (χ0n) is 14.3. The fourth-order valence-electron chi connectivity index (χ4n) is 2.91. The maximum absolute atomic E-state index is 5.47. The van der Waals surface area contributed by atoms with Gasteiger partial charge >= 0.3 is 0 Å². The average molecular weight is 349 g/mol. The van der Waals surface area contributed by atoms with Crippen molar-refractivity contribution in [3.63, 3.8) is 0 Å². The Labute approximate surface area is 147 Å². The van der Waals surface area contributed by atoms with Crippen LogP contribution in [0.25, 0.3) is 11.4 Å². The molecule has 24 heavy (non-hydrogen) atoms. The molecule has 1 fully saturated rings. The molecular formula is C17H25N4O2S+. The number of rotatable bonds is 7. The molecule has 1 aromatic heterocycles. The molecule has 0 spiro atoms. The monoisotopic (exact) mass is 349 g/mol. The predicted octanol–water partition coefficient (Wildman–Crippen LogP) is 0.981. The van der Waals surface area contributed by atoms with E-state index in [1.54, 1.807) is 23.8 Å². The molecule has 0 amide bonds. The Bertz CT molecular complexity index is 656. The SMILES string of the molecule is CCn1c(SCC[NH+]2CCOCC2)nnc1-c1ccccc1OC. The van der Waals surface area contributed by atoms with Crippen molar-refractivity contribution in [1.82, 2.24) is 14.8 Å². The molecule has 3 rings (SSSR count). The highest BCUT2D eigenvalue weighted by Gasteiger charge is 2.18. The summed E-state index contributed by atoms with van der Waals surface area (Å²) in [5.74, 6) is 2.74. The third-order valence-electron chi connectivity index (χ3n) is 4.27. The molecule has 6 nitrogen and oxygen atoms in total. The molecule has 0 atom stereocenters. The summed E-state index contributed by atoms with van der Waals surface area (Å²) in [5.41, 5.74) is 0.986. The van der Waals surface area contributed by atoms with Gasteiger partial charge < -0.3 is 18.9 Å². The summed E-state index contributed by atoms with van der Waals surface area (Å²) in [6, 6.07) is 7.96. The third kappa shape index (κ3) is 3.91. The van der Waals surface area contributed by atoms with Crippen LogP contribution in [0.15, 0.2) is 29.4 Å². The fourth-order valence-corrected chi connectivity index (χ4v) is 3.95. The Morgan fingerprint density at radius 3 is 2.79 bits per heavy atom. The molecule has 0 unspecified atom stereocenters. The largest absolute Gasteiger partial charge is 0.496 e. The second-order valence-electron chi connectivity index (χ2n) is 5.71. The Morgan fingerprint density at radius 1 is 1.25 bits per heavy atom. The first-order chi connectivity index (χ1) is 11.8. The van der Waals surface area contributed by atoms with Crippen LogP contribution in [0.1, 0.15) is 6.92 Å². The molecule has 2 aromatic rings. The smallest absolute Gasteiger partial charge is 0.191 e. The average Bonchev–Trinajstić information content (AvgIpc) is 3.05. The molecular weight excluding hydrogens is 324 g/mol. The van der Waals surface area contributed by atoms with E-state index in [9.17, 15) is 0 Å². The van der Waals surface area contributed by atoms with E-state index in [-0.39, 0.29) is 0 Å². The lowest BCUT2D eigenvalue weighted by atomic mass is 10.2. The number of morpholine rings is 1. The minimum atomic E-state index is 0.828. The highest BCUT2D eigenvalue weighted by Crippen LogP contribution is 2.30. The Balaban J connectivity index is 1.70. The van der Waals surface area contributed by atoms with Gasteiger partial charge in [-0.2, -0.15) is 0 Å². The molecule has 130 valence electrons. The summed E-state index contributed by atoms with van der Waals surface area (Å²) >= 11 is 1.78. The van der Waals surface area contributed by atoms with Gasteiger partial charge in [0.25, 0.3) is 0 Å². The zero-order chi connectivity index (χ0) is 16.8. The highest BCUT2D eigenvalue weighted by atomic mass is 32.2. The fraction of sp³-hybridized carbons (Fsp3) is 0.529. The Kier molecular flexibility index (Phi) is 6.12. The first kappa shape index (κ1) is 17.3. The van der Waals surface area contributed by atoms with Crippen LogP contribution in [0.2, 0.25) is 0 Å². The molecule has 1 aliphatic rings. The number of hydrogen-bond donors (Lipinski definition) is 1. The number of nitrogens with one attached hydrogen (secondary N) is 1. The van der Waals surface area contributed by atoms with Crippen LogP contribution in [-0.4, -0.2) is 60.5 Å². The number of benzene rings is 1. The number of quaternary nitrogens is 1. The van der Waals surface area contributed by atoms with Crippen molar-refractivity contribution in [1.29, 1.82) is 0 Å².